The van der Waals surface area contributed by atoms with Gasteiger partial charge in [-0.1, -0.05) is 23.7 Å². The minimum atomic E-state index is -3.32. The maximum absolute atomic E-state index is 11.7. The van der Waals surface area contributed by atoms with Gasteiger partial charge in [-0.05, 0) is 31.5 Å². The molecule has 0 saturated heterocycles. The monoisotopic (exact) mass is 291 g/mol. The summed E-state index contributed by atoms with van der Waals surface area (Å²) in [6.45, 7) is 4.47. The molecule has 4 nitrogen and oxygen atoms in total. The van der Waals surface area contributed by atoms with Crippen molar-refractivity contribution in [2.45, 2.75) is 25.7 Å². The fraction of sp³-hybridized carbons (Fsp3) is 0.500. The fourth-order valence-electron chi connectivity index (χ4n) is 1.34. The van der Waals surface area contributed by atoms with Gasteiger partial charge < -0.3 is 4.74 Å². The van der Waals surface area contributed by atoms with Gasteiger partial charge in [0, 0.05) is 11.6 Å². The lowest BCUT2D eigenvalue weighted by atomic mass is 10.2. The third-order valence-electron chi connectivity index (χ3n) is 2.15. The van der Waals surface area contributed by atoms with Crippen LogP contribution in [0.2, 0.25) is 5.02 Å². The Morgan fingerprint density at radius 1 is 1.28 bits per heavy atom. The molecule has 0 saturated carbocycles. The van der Waals surface area contributed by atoms with Gasteiger partial charge in [-0.25, -0.2) is 13.1 Å². The van der Waals surface area contributed by atoms with Gasteiger partial charge in [0.1, 0.15) is 0 Å². The molecular weight excluding hydrogens is 274 g/mol. The van der Waals surface area contributed by atoms with Gasteiger partial charge in [-0.2, -0.15) is 0 Å². The van der Waals surface area contributed by atoms with Crippen LogP contribution in [0, 0.1) is 0 Å². The zero-order chi connectivity index (χ0) is 13.6. The summed E-state index contributed by atoms with van der Waals surface area (Å²) in [6, 6.07) is 6.75. The number of hydrogen-bond acceptors (Lipinski definition) is 3. The smallest absolute Gasteiger partial charge is 0.215 e. The summed E-state index contributed by atoms with van der Waals surface area (Å²) >= 11 is 5.73. The van der Waals surface area contributed by atoms with Gasteiger partial charge in [-0.15, -0.1) is 0 Å². The van der Waals surface area contributed by atoms with Crippen molar-refractivity contribution >= 4 is 21.6 Å². The molecule has 18 heavy (non-hydrogen) atoms. The van der Waals surface area contributed by atoms with E-state index in [0.717, 1.165) is 0 Å². The van der Waals surface area contributed by atoms with E-state index in [2.05, 4.69) is 4.72 Å². The fourth-order valence-corrected chi connectivity index (χ4v) is 2.60. The molecule has 102 valence electrons. The summed E-state index contributed by atoms with van der Waals surface area (Å²) in [5.74, 6) is -0.0498. The lowest BCUT2D eigenvalue weighted by Gasteiger charge is -2.09. The summed E-state index contributed by atoms with van der Waals surface area (Å²) in [4.78, 5) is 0. The lowest BCUT2D eigenvalue weighted by Crippen LogP contribution is -2.29. The van der Waals surface area contributed by atoms with Gasteiger partial charge in [0.25, 0.3) is 0 Å². The van der Waals surface area contributed by atoms with Crippen molar-refractivity contribution in [1.82, 2.24) is 4.72 Å². The van der Waals surface area contributed by atoms with Gasteiger partial charge in [0.05, 0.1) is 18.5 Å². The molecule has 0 aromatic heterocycles. The molecule has 0 heterocycles. The highest BCUT2D eigenvalue weighted by atomic mass is 35.5. The van der Waals surface area contributed by atoms with Crippen molar-refractivity contribution in [1.29, 1.82) is 0 Å². The third kappa shape index (κ3) is 6.35. The van der Waals surface area contributed by atoms with Crippen LogP contribution in [0.1, 0.15) is 19.4 Å². The molecule has 0 fully saturated rings. The van der Waals surface area contributed by atoms with E-state index in [-0.39, 0.29) is 18.4 Å². The van der Waals surface area contributed by atoms with E-state index >= 15 is 0 Å². The van der Waals surface area contributed by atoms with E-state index in [1.807, 2.05) is 13.8 Å². The third-order valence-corrected chi connectivity index (χ3v) is 3.75. The van der Waals surface area contributed by atoms with Crippen LogP contribution in [-0.2, 0) is 20.5 Å². The Bertz CT molecular complexity index is 457. The number of benzene rings is 1. The number of nitrogens with one attached hydrogen (secondary N) is 1. The standard InChI is InChI=1S/C12H18ClNO3S/c1-10(2)17-8-7-14-18(15,16)9-11-3-5-12(13)6-4-11/h3-6,10,14H,7-9H2,1-2H3. The van der Waals surface area contributed by atoms with Crippen LogP contribution in [0.4, 0.5) is 0 Å². The molecule has 1 N–H and O–H groups in total. The first-order valence-corrected chi connectivity index (χ1v) is 7.75. The largest absolute Gasteiger partial charge is 0.377 e. The number of sulfonamides is 1. The highest BCUT2D eigenvalue weighted by molar-refractivity contribution is 7.88. The Balaban J connectivity index is 2.42. The van der Waals surface area contributed by atoms with E-state index < -0.39 is 10.0 Å². The normalized spacial score (nSPS) is 12.0. The van der Waals surface area contributed by atoms with E-state index in [4.69, 9.17) is 16.3 Å². The molecule has 0 amide bonds. The molecule has 0 aliphatic rings. The van der Waals surface area contributed by atoms with E-state index in [1.165, 1.54) is 0 Å². The molecule has 0 aliphatic heterocycles. The molecule has 1 rings (SSSR count). The van der Waals surface area contributed by atoms with Gasteiger partial charge in [0.2, 0.25) is 10.0 Å². The molecule has 0 bridgehead atoms. The Labute approximate surface area is 113 Å². The van der Waals surface area contributed by atoms with Gasteiger partial charge in [-0.3, -0.25) is 0 Å². The SMILES string of the molecule is CC(C)OCCNS(=O)(=O)Cc1ccc(Cl)cc1. The van der Waals surface area contributed by atoms with Crippen molar-refractivity contribution in [3.8, 4) is 0 Å². The highest BCUT2D eigenvalue weighted by Crippen LogP contribution is 2.11. The molecule has 0 radical (unpaired) electrons. The minimum Gasteiger partial charge on any atom is -0.377 e. The average Bonchev–Trinajstić information content (AvgIpc) is 2.27. The summed E-state index contributed by atoms with van der Waals surface area (Å²) in [5, 5.41) is 0.592. The summed E-state index contributed by atoms with van der Waals surface area (Å²) in [6.07, 6.45) is 0.103. The van der Waals surface area contributed by atoms with E-state index in [9.17, 15) is 8.42 Å². The molecular formula is C12H18ClNO3S. The number of halogens is 1. The average molecular weight is 292 g/mol. The van der Waals surface area contributed by atoms with Crippen molar-refractivity contribution in [2.75, 3.05) is 13.2 Å². The van der Waals surface area contributed by atoms with Crippen LogP contribution < -0.4 is 4.72 Å². The van der Waals surface area contributed by atoms with Crippen LogP contribution in [0.3, 0.4) is 0 Å². The molecule has 1 aromatic carbocycles. The van der Waals surface area contributed by atoms with Crippen molar-refractivity contribution in [3.05, 3.63) is 34.9 Å². The maximum Gasteiger partial charge on any atom is 0.215 e. The number of ether oxygens (including phenoxy) is 1. The zero-order valence-electron chi connectivity index (χ0n) is 10.5. The van der Waals surface area contributed by atoms with Crippen LogP contribution in [-0.4, -0.2) is 27.7 Å². The van der Waals surface area contributed by atoms with E-state index in [0.29, 0.717) is 17.2 Å². The highest BCUT2D eigenvalue weighted by Gasteiger charge is 2.10. The predicted octanol–water partition coefficient (Wildman–Crippen LogP) is 2.18. The second-order valence-corrected chi connectivity index (χ2v) is 6.44. The number of rotatable bonds is 7. The Morgan fingerprint density at radius 2 is 1.89 bits per heavy atom. The second kappa shape index (κ2) is 7.09. The van der Waals surface area contributed by atoms with Crippen molar-refractivity contribution < 1.29 is 13.2 Å². The van der Waals surface area contributed by atoms with Gasteiger partial charge in [0.15, 0.2) is 0 Å². The zero-order valence-corrected chi connectivity index (χ0v) is 12.1. The van der Waals surface area contributed by atoms with Crippen LogP contribution >= 0.6 is 11.6 Å². The molecule has 0 spiro atoms. The molecule has 0 aliphatic carbocycles. The molecule has 6 heteroatoms. The topological polar surface area (TPSA) is 55.4 Å². The first kappa shape index (κ1) is 15.4. The Hall–Kier alpha value is -0.620. The Kier molecular flexibility index (Phi) is 6.08. The summed E-state index contributed by atoms with van der Waals surface area (Å²) in [5.41, 5.74) is 0.705. The first-order chi connectivity index (χ1) is 8.39. The predicted molar refractivity (Wildman–Crippen MR) is 73.2 cm³/mol. The molecule has 0 unspecified atom stereocenters. The van der Waals surface area contributed by atoms with Gasteiger partial charge >= 0.3 is 0 Å². The van der Waals surface area contributed by atoms with Crippen LogP contribution in [0.5, 0.6) is 0 Å². The van der Waals surface area contributed by atoms with Crippen LogP contribution in [0.15, 0.2) is 24.3 Å². The molecule has 1 aromatic rings. The van der Waals surface area contributed by atoms with Crippen LogP contribution in [0.25, 0.3) is 0 Å². The quantitative estimate of drug-likeness (QED) is 0.784. The summed E-state index contributed by atoms with van der Waals surface area (Å²) in [7, 11) is -3.32. The lowest BCUT2D eigenvalue weighted by molar-refractivity contribution is 0.0834. The number of hydrogen-bond donors (Lipinski definition) is 1. The minimum absolute atomic E-state index is 0.0498. The maximum atomic E-state index is 11.7. The second-order valence-electron chi connectivity index (χ2n) is 4.20. The summed E-state index contributed by atoms with van der Waals surface area (Å²) < 4.78 is 31.2. The molecule has 0 atom stereocenters. The Morgan fingerprint density at radius 3 is 2.44 bits per heavy atom. The first-order valence-electron chi connectivity index (χ1n) is 5.72. The van der Waals surface area contributed by atoms with Crippen molar-refractivity contribution in [2.24, 2.45) is 0 Å². The van der Waals surface area contributed by atoms with E-state index in [1.54, 1.807) is 24.3 Å². The van der Waals surface area contributed by atoms with Crippen molar-refractivity contribution in [3.63, 3.8) is 0 Å².